The minimum Gasteiger partial charge on any atom is -0.454 e. The van der Waals surface area contributed by atoms with E-state index in [2.05, 4.69) is 4.74 Å². The number of rotatable bonds is 5. The fourth-order valence-corrected chi connectivity index (χ4v) is 1.71. The van der Waals surface area contributed by atoms with Crippen LogP contribution in [0.2, 0.25) is 0 Å². The van der Waals surface area contributed by atoms with Crippen molar-refractivity contribution < 1.29 is 27.5 Å². The summed E-state index contributed by atoms with van der Waals surface area (Å²) in [7, 11) is 0. The molecule has 0 radical (unpaired) electrons. The molecule has 0 aliphatic rings. The van der Waals surface area contributed by atoms with Gasteiger partial charge >= 0.3 is 11.7 Å². The largest absolute Gasteiger partial charge is 0.454 e. The Morgan fingerprint density at radius 3 is 2.52 bits per heavy atom. The van der Waals surface area contributed by atoms with Gasteiger partial charge in [0.25, 0.3) is 11.5 Å². The number of nitrogens with one attached hydrogen (secondary N) is 2. The molecule has 0 saturated heterocycles. The molecule has 1 amide bonds. The molecular formula is C14H10F3N3O5. The molecule has 0 bridgehead atoms. The first-order valence-electron chi connectivity index (χ1n) is 6.66. The van der Waals surface area contributed by atoms with E-state index in [0.717, 1.165) is 22.9 Å². The fraction of sp³-hybridized carbons (Fsp3) is 0.143. The molecule has 0 unspecified atom stereocenters. The van der Waals surface area contributed by atoms with Crippen molar-refractivity contribution in [1.29, 1.82) is 0 Å². The van der Waals surface area contributed by atoms with Crippen LogP contribution < -0.4 is 16.6 Å². The Bertz CT molecular complexity index is 938. The zero-order valence-electron chi connectivity index (χ0n) is 12.3. The SMILES string of the molecule is O=C(COC(=O)Cn1ccc(=O)[nH]c1=O)Nc1ccc(F)c(F)c1F. The molecule has 2 rings (SSSR count). The standard InChI is InChI=1S/C14H10F3N3O5/c15-7-1-2-8(13(17)12(7)16)18-10(22)6-25-11(23)5-20-4-3-9(21)19-14(20)24/h1-4H,5-6H2,(H,18,22)(H,19,21,24). The molecule has 2 aromatic rings. The summed E-state index contributed by atoms with van der Waals surface area (Å²) in [6.07, 6.45) is 1.05. The minimum atomic E-state index is -1.76. The van der Waals surface area contributed by atoms with Crippen molar-refractivity contribution >= 4 is 17.6 Å². The second kappa shape index (κ2) is 7.47. The molecule has 0 aliphatic carbocycles. The van der Waals surface area contributed by atoms with Gasteiger partial charge in [0.15, 0.2) is 24.1 Å². The number of hydrogen-bond acceptors (Lipinski definition) is 5. The number of ether oxygens (including phenoxy) is 1. The molecule has 0 atom stereocenters. The Morgan fingerprint density at radius 1 is 1.12 bits per heavy atom. The lowest BCUT2D eigenvalue weighted by molar-refractivity contribution is -0.148. The molecular weight excluding hydrogens is 347 g/mol. The van der Waals surface area contributed by atoms with Gasteiger partial charge in [0.1, 0.15) is 6.54 Å². The molecule has 25 heavy (non-hydrogen) atoms. The third kappa shape index (κ3) is 4.56. The lowest BCUT2D eigenvalue weighted by Crippen LogP contribution is -2.32. The van der Waals surface area contributed by atoms with Crippen LogP contribution in [0.25, 0.3) is 0 Å². The van der Waals surface area contributed by atoms with Crippen LogP contribution in [0.5, 0.6) is 0 Å². The van der Waals surface area contributed by atoms with E-state index in [1.807, 2.05) is 10.3 Å². The summed E-state index contributed by atoms with van der Waals surface area (Å²) in [5, 5.41) is 1.90. The third-order valence-electron chi connectivity index (χ3n) is 2.87. The number of aromatic amines is 1. The lowest BCUT2D eigenvalue weighted by atomic mass is 10.3. The van der Waals surface area contributed by atoms with E-state index in [0.29, 0.717) is 6.07 Å². The van der Waals surface area contributed by atoms with Crippen molar-refractivity contribution in [3.8, 4) is 0 Å². The molecule has 0 aliphatic heterocycles. The number of H-pyrrole nitrogens is 1. The highest BCUT2D eigenvalue weighted by atomic mass is 19.2. The van der Waals surface area contributed by atoms with E-state index in [-0.39, 0.29) is 0 Å². The first-order chi connectivity index (χ1) is 11.8. The maximum absolute atomic E-state index is 13.4. The summed E-state index contributed by atoms with van der Waals surface area (Å²) in [4.78, 5) is 47.2. The van der Waals surface area contributed by atoms with Crippen molar-refractivity contribution in [2.24, 2.45) is 0 Å². The van der Waals surface area contributed by atoms with Crippen molar-refractivity contribution in [2.75, 3.05) is 11.9 Å². The summed E-state index contributed by atoms with van der Waals surface area (Å²) in [6.45, 7) is -1.43. The van der Waals surface area contributed by atoms with Gasteiger partial charge in [0.2, 0.25) is 0 Å². The highest BCUT2D eigenvalue weighted by Gasteiger charge is 2.16. The Balaban J connectivity index is 1.91. The van der Waals surface area contributed by atoms with Gasteiger partial charge in [-0.25, -0.2) is 18.0 Å². The number of carbonyl (C=O) groups excluding carboxylic acids is 2. The zero-order chi connectivity index (χ0) is 18.6. The van der Waals surface area contributed by atoms with Gasteiger partial charge in [0.05, 0.1) is 5.69 Å². The molecule has 2 N–H and O–H groups in total. The van der Waals surface area contributed by atoms with E-state index >= 15 is 0 Å². The zero-order valence-corrected chi connectivity index (χ0v) is 12.3. The second-order valence-corrected chi connectivity index (χ2v) is 4.67. The van der Waals surface area contributed by atoms with Crippen LogP contribution in [-0.4, -0.2) is 28.0 Å². The van der Waals surface area contributed by atoms with E-state index in [4.69, 9.17) is 0 Å². The Morgan fingerprint density at radius 2 is 1.84 bits per heavy atom. The highest BCUT2D eigenvalue weighted by molar-refractivity contribution is 5.92. The number of carbonyl (C=O) groups is 2. The third-order valence-corrected chi connectivity index (χ3v) is 2.87. The number of hydrogen-bond donors (Lipinski definition) is 2. The topological polar surface area (TPSA) is 110 Å². The molecule has 8 nitrogen and oxygen atoms in total. The monoisotopic (exact) mass is 357 g/mol. The number of nitrogens with zero attached hydrogens (tertiary/aromatic N) is 1. The molecule has 132 valence electrons. The minimum absolute atomic E-state index is 0.581. The van der Waals surface area contributed by atoms with Crippen LogP contribution in [0, 0.1) is 17.5 Å². The number of benzene rings is 1. The fourth-order valence-electron chi connectivity index (χ4n) is 1.71. The predicted molar refractivity (Wildman–Crippen MR) is 77.2 cm³/mol. The second-order valence-electron chi connectivity index (χ2n) is 4.67. The van der Waals surface area contributed by atoms with Crippen LogP contribution in [0.1, 0.15) is 0 Å². The predicted octanol–water partition coefficient (Wildman–Crippen LogP) is 0.136. The normalized spacial score (nSPS) is 10.4. The van der Waals surface area contributed by atoms with Gasteiger partial charge < -0.3 is 10.1 Å². The Labute approximate surface area is 136 Å². The van der Waals surface area contributed by atoms with Crippen LogP contribution in [0.3, 0.4) is 0 Å². The summed E-state index contributed by atoms with van der Waals surface area (Å²) < 4.78 is 44.6. The van der Waals surface area contributed by atoms with Gasteiger partial charge in [-0.15, -0.1) is 0 Å². The molecule has 1 heterocycles. The van der Waals surface area contributed by atoms with Crippen molar-refractivity contribution in [2.45, 2.75) is 6.54 Å². The van der Waals surface area contributed by atoms with E-state index < -0.39 is 59.4 Å². The smallest absolute Gasteiger partial charge is 0.328 e. The number of amides is 1. The molecule has 0 saturated carbocycles. The summed E-state index contributed by atoms with van der Waals surface area (Å²) in [5.41, 5.74) is -2.13. The Hall–Kier alpha value is -3.37. The maximum Gasteiger partial charge on any atom is 0.328 e. The summed E-state index contributed by atoms with van der Waals surface area (Å²) in [6, 6.07) is 2.42. The van der Waals surface area contributed by atoms with Crippen molar-refractivity contribution in [3.63, 3.8) is 0 Å². The molecule has 1 aromatic carbocycles. The van der Waals surface area contributed by atoms with E-state index in [9.17, 15) is 32.3 Å². The first kappa shape index (κ1) is 18.0. The lowest BCUT2D eigenvalue weighted by Gasteiger charge is -2.08. The first-order valence-corrected chi connectivity index (χ1v) is 6.66. The Kier molecular flexibility index (Phi) is 5.37. The van der Waals surface area contributed by atoms with Crippen molar-refractivity contribution in [1.82, 2.24) is 9.55 Å². The van der Waals surface area contributed by atoms with Gasteiger partial charge in [-0.2, -0.15) is 0 Å². The maximum atomic E-state index is 13.4. The number of esters is 1. The van der Waals surface area contributed by atoms with Crippen LogP contribution in [0.4, 0.5) is 18.9 Å². The van der Waals surface area contributed by atoms with E-state index in [1.54, 1.807) is 0 Å². The quantitative estimate of drug-likeness (QED) is 0.584. The number of halogens is 3. The van der Waals surface area contributed by atoms with Gasteiger partial charge in [-0.1, -0.05) is 0 Å². The summed E-state index contributed by atoms with van der Waals surface area (Å²) >= 11 is 0. The average molecular weight is 357 g/mol. The van der Waals surface area contributed by atoms with Crippen molar-refractivity contribution in [3.05, 3.63) is 62.7 Å². The van der Waals surface area contributed by atoms with E-state index in [1.165, 1.54) is 0 Å². The van der Waals surface area contributed by atoms with Gasteiger partial charge in [-0.3, -0.25) is 23.9 Å². The van der Waals surface area contributed by atoms with Crippen LogP contribution in [-0.2, 0) is 20.9 Å². The van der Waals surface area contributed by atoms with Crippen LogP contribution >= 0.6 is 0 Å². The molecule has 0 fully saturated rings. The number of aromatic nitrogens is 2. The van der Waals surface area contributed by atoms with Gasteiger partial charge in [0, 0.05) is 12.3 Å². The average Bonchev–Trinajstić information content (AvgIpc) is 2.56. The molecule has 0 spiro atoms. The summed E-state index contributed by atoms with van der Waals surface area (Å²) in [5.74, 6) is -6.78. The molecule has 1 aromatic heterocycles. The van der Waals surface area contributed by atoms with Crippen LogP contribution in [0.15, 0.2) is 34.0 Å². The highest BCUT2D eigenvalue weighted by Crippen LogP contribution is 2.19. The number of anilines is 1. The van der Waals surface area contributed by atoms with Gasteiger partial charge in [-0.05, 0) is 12.1 Å². The molecule has 11 heteroatoms.